The third-order valence-corrected chi connectivity index (χ3v) is 4.52. The molecule has 3 rings (SSSR count). The standard InChI is InChI=1S/C24H26N6O7/c1-3-35-23(33)11-24(34)37-14-17-7-9-19(10-8-17)36-15-18-12-30(29-28-18)13-22(32)27-21-6-4-5-20(26-21)25-16(2)31/h4-10,12H,3,11,13-15H2,1-2H3,(H2,25,26,27,31,32). The van der Waals surface area contributed by atoms with Crippen molar-refractivity contribution in [1.29, 1.82) is 0 Å². The number of carbonyl (C=O) groups excluding carboxylic acids is 4. The molecule has 0 atom stereocenters. The molecule has 0 aliphatic carbocycles. The molecule has 0 bridgehead atoms. The number of ether oxygens (including phenoxy) is 3. The second kappa shape index (κ2) is 13.3. The monoisotopic (exact) mass is 510 g/mol. The average Bonchev–Trinajstić information content (AvgIpc) is 3.29. The molecule has 0 unspecified atom stereocenters. The summed E-state index contributed by atoms with van der Waals surface area (Å²) in [6.45, 7) is 3.27. The molecule has 13 heteroatoms. The summed E-state index contributed by atoms with van der Waals surface area (Å²) in [5.41, 5.74) is 1.23. The van der Waals surface area contributed by atoms with E-state index in [4.69, 9.17) is 14.2 Å². The Morgan fingerprint density at radius 2 is 1.62 bits per heavy atom. The molecule has 0 aliphatic heterocycles. The van der Waals surface area contributed by atoms with Gasteiger partial charge in [0.05, 0.1) is 12.8 Å². The van der Waals surface area contributed by atoms with Crippen LogP contribution in [-0.4, -0.2) is 50.3 Å². The molecule has 1 aromatic carbocycles. The lowest BCUT2D eigenvalue weighted by molar-refractivity contribution is -0.155. The molecule has 2 heterocycles. The zero-order chi connectivity index (χ0) is 26.6. The van der Waals surface area contributed by atoms with E-state index >= 15 is 0 Å². The number of hydrogen-bond acceptors (Lipinski definition) is 10. The minimum atomic E-state index is -0.662. The summed E-state index contributed by atoms with van der Waals surface area (Å²) >= 11 is 0. The van der Waals surface area contributed by atoms with E-state index < -0.39 is 18.4 Å². The van der Waals surface area contributed by atoms with Crippen LogP contribution in [-0.2, 0) is 48.4 Å². The Bertz CT molecular complexity index is 1240. The van der Waals surface area contributed by atoms with Crippen molar-refractivity contribution in [3.05, 3.63) is 59.9 Å². The largest absolute Gasteiger partial charge is 0.487 e. The molecule has 0 spiro atoms. The maximum Gasteiger partial charge on any atom is 0.317 e. The Hall–Kier alpha value is -4.81. The van der Waals surface area contributed by atoms with Crippen LogP contribution in [0.1, 0.15) is 31.5 Å². The van der Waals surface area contributed by atoms with Crippen LogP contribution in [0.25, 0.3) is 0 Å². The van der Waals surface area contributed by atoms with Crippen molar-refractivity contribution in [2.45, 2.75) is 40.0 Å². The van der Waals surface area contributed by atoms with Gasteiger partial charge in [0.1, 0.15) is 49.3 Å². The van der Waals surface area contributed by atoms with Gasteiger partial charge in [0.25, 0.3) is 0 Å². The van der Waals surface area contributed by atoms with Crippen molar-refractivity contribution < 1.29 is 33.4 Å². The molecule has 2 aromatic heterocycles. The van der Waals surface area contributed by atoms with Crippen molar-refractivity contribution in [3.8, 4) is 5.75 Å². The van der Waals surface area contributed by atoms with Gasteiger partial charge in [-0.05, 0) is 36.8 Å². The summed E-state index contributed by atoms with van der Waals surface area (Å²) in [6.07, 6.45) is 1.15. The zero-order valence-electron chi connectivity index (χ0n) is 20.3. The number of pyridine rings is 1. The Morgan fingerprint density at radius 3 is 2.32 bits per heavy atom. The van der Waals surface area contributed by atoms with Crippen molar-refractivity contribution in [2.24, 2.45) is 0 Å². The van der Waals surface area contributed by atoms with E-state index in [1.165, 1.54) is 11.6 Å². The van der Waals surface area contributed by atoms with Gasteiger partial charge in [0, 0.05) is 6.92 Å². The minimum absolute atomic E-state index is 0.0158. The smallest absolute Gasteiger partial charge is 0.317 e. The molecule has 2 amide bonds. The Kier molecular flexibility index (Phi) is 9.65. The number of rotatable bonds is 12. The van der Waals surface area contributed by atoms with Gasteiger partial charge in [-0.3, -0.25) is 19.2 Å². The van der Waals surface area contributed by atoms with Gasteiger partial charge in [-0.1, -0.05) is 23.4 Å². The first-order chi connectivity index (χ1) is 17.8. The lowest BCUT2D eigenvalue weighted by Gasteiger charge is -2.07. The molecule has 13 nitrogen and oxygen atoms in total. The van der Waals surface area contributed by atoms with Gasteiger partial charge < -0.3 is 24.8 Å². The van der Waals surface area contributed by atoms with E-state index in [9.17, 15) is 19.2 Å². The van der Waals surface area contributed by atoms with Crippen LogP contribution in [0.3, 0.4) is 0 Å². The predicted octanol–water partition coefficient (Wildman–Crippen LogP) is 1.85. The average molecular weight is 511 g/mol. The van der Waals surface area contributed by atoms with Crippen molar-refractivity contribution in [3.63, 3.8) is 0 Å². The molecule has 0 saturated carbocycles. The van der Waals surface area contributed by atoms with Gasteiger partial charge >= 0.3 is 11.9 Å². The van der Waals surface area contributed by atoms with Gasteiger partial charge in [0.2, 0.25) is 11.8 Å². The van der Waals surface area contributed by atoms with Crippen LogP contribution < -0.4 is 15.4 Å². The van der Waals surface area contributed by atoms with E-state index in [1.54, 1.807) is 55.6 Å². The van der Waals surface area contributed by atoms with Crippen LogP contribution in [0.5, 0.6) is 5.75 Å². The Labute approximate surface area is 212 Å². The zero-order valence-corrected chi connectivity index (χ0v) is 20.3. The molecule has 0 radical (unpaired) electrons. The maximum absolute atomic E-state index is 12.3. The summed E-state index contributed by atoms with van der Waals surface area (Å²) in [7, 11) is 0. The van der Waals surface area contributed by atoms with E-state index in [0.717, 1.165) is 5.56 Å². The first-order valence-corrected chi connectivity index (χ1v) is 11.3. The summed E-state index contributed by atoms with van der Waals surface area (Å²) in [6, 6.07) is 11.7. The van der Waals surface area contributed by atoms with Gasteiger partial charge in [-0.15, -0.1) is 5.10 Å². The van der Waals surface area contributed by atoms with Gasteiger partial charge in [0.15, 0.2) is 0 Å². The fourth-order valence-corrected chi connectivity index (χ4v) is 2.95. The number of nitrogens with one attached hydrogen (secondary N) is 2. The first-order valence-electron chi connectivity index (χ1n) is 11.3. The SMILES string of the molecule is CCOC(=O)CC(=O)OCc1ccc(OCc2cn(CC(=O)Nc3cccc(NC(C)=O)n3)nn2)cc1. The Morgan fingerprint density at radius 1 is 0.919 bits per heavy atom. The van der Waals surface area contributed by atoms with E-state index in [1.807, 2.05) is 0 Å². The molecule has 0 saturated heterocycles. The van der Waals surface area contributed by atoms with E-state index in [-0.39, 0.29) is 44.0 Å². The van der Waals surface area contributed by atoms with E-state index in [0.29, 0.717) is 17.3 Å². The molecule has 37 heavy (non-hydrogen) atoms. The van der Waals surface area contributed by atoms with Crippen LogP contribution in [0.4, 0.5) is 11.6 Å². The number of benzene rings is 1. The van der Waals surface area contributed by atoms with E-state index in [2.05, 4.69) is 25.9 Å². The van der Waals surface area contributed by atoms with Crippen LogP contribution in [0.15, 0.2) is 48.7 Å². The summed E-state index contributed by atoms with van der Waals surface area (Å²) in [5, 5.41) is 13.1. The highest BCUT2D eigenvalue weighted by Gasteiger charge is 2.12. The molecule has 2 N–H and O–H groups in total. The number of nitrogens with zero attached hydrogens (tertiary/aromatic N) is 4. The highest BCUT2D eigenvalue weighted by atomic mass is 16.6. The number of aromatic nitrogens is 4. The highest BCUT2D eigenvalue weighted by Crippen LogP contribution is 2.15. The topological polar surface area (TPSA) is 164 Å². The second-order valence-electron chi connectivity index (χ2n) is 7.62. The maximum atomic E-state index is 12.3. The Balaban J connectivity index is 1.42. The van der Waals surface area contributed by atoms with Crippen molar-refractivity contribution in [2.75, 3.05) is 17.2 Å². The number of amides is 2. The molecular weight excluding hydrogens is 484 g/mol. The number of esters is 2. The third kappa shape index (κ3) is 9.39. The fraction of sp³-hybridized carbons (Fsp3) is 0.292. The third-order valence-electron chi connectivity index (χ3n) is 4.52. The van der Waals surface area contributed by atoms with Crippen LogP contribution in [0.2, 0.25) is 0 Å². The molecule has 0 fully saturated rings. The summed E-state index contributed by atoms with van der Waals surface area (Å²) < 4.78 is 16.8. The quantitative estimate of drug-likeness (QED) is 0.271. The summed E-state index contributed by atoms with van der Waals surface area (Å²) in [5.74, 6) is -0.754. The minimum Gasteiger partial charge on any atom is -0.487 e. The first kappa shape index (κ1) is 26.8. The second-order valence-corrected chi connectivity index (χ2v) is 7.62. The lowest BCUT2D eigenvalue weighted by Crippen LogP contribution is -2.20. The van der Waals surface area contributed by atoms with Crippen LogP contribution >= 0.6 is 0 Å². The molecule has 0 aliphatic rings. The fourth-order valence-electron chi connectivity index (χ4n) is 2.95. The van der Waals surface area contributed by atoms with Crippen molar-refractivity contribution in [1.82, 2.24) is 20.0 Å². The predicted molar refractivity (Wildman–Crippen MR) is 129 cm³/mol. The number of hydrogen-bond donors (Lipinski definition) is 2. The van der Waals surface area contributed by atoms with Crippen LogP contribution in [0, 0.1) is 0 Å². The number of carbonyl (C=O) groups is 4. The molecule has 3 aromatic rings. The van der Waals surface area contributed by atoms with Gasteiger partial charge in [-0.2, -0.15) is 0 Å². The molecular formula is C24H26N6O7. The highest BCUT2D eigenvalue weighted by molar-refractivity contribution is 5.91. The van der Waals surface area contributed by atoms with Gasteiger partial charge in [-0.25, -0.2) is 9.67 Å². The normalized spacial score (nSPS) is 10.3. The molecule has 194 valence electrons. The van der Waals surface area contributed by atoms with Crippen molar-refractivity contribution >= 4 is 35.4 Å². The number of anilines is 2. The summed E-state index contributed by atoms with van der Waals surface area (Å²) in [4.78, 5) is 50.5. The lowest BCUT2D eigenvalue weighted by atomic mass is 10.2.